The van der Waals surface area contributed by atoms with Gasteiger partial charge in [-0.25, -0.2) is 20.0 Å². The fourth-order valence-electron chi connectivity index (χ4n) is 11.1. The van der Waals surface area contributed by atoms with Crippen molar-refractivity contribution < 1.29 is 49.2 Å². The number of ether oxygens (including phenoxy) is 1. The Bertz CT molecular complexity index is 3430. The molecule has 2 aliphatic carbocycles. The van der Waals surface area contributed by atoms with Gasteiger partial charge < -0.3 is 22.4 Å². The Labute approximate surface area is 482 Å². The molecule has 0 fully saturated rings. The molecular formula is C61H66Br2Cl2N4NiO5Pd. The number of benzene rings is 6. The number of para-hydroxylation sites is 4. The van der Waals surface area contributed by atoms with Gasteiger partial charge in [0.05, 0.1) is 22.7 Å². The van der Waals surface area contributed by atoms with E-state index in [1.807, 2.05) is 38.1 Å². The van der Waals surface area contributed by atoms with Crippen LogP contribution >= 0.6 is 47.5 Å². The molecule has 408 valence electrons. The van der Waals surface area contributed by atoms with Crippen LogP contribution in [0.2, 0.25) is 0 Å². The van der Waals surface area contributed by atoms with Crippen LogP contribution in [0.3, 0.4) is 0 Å². The van der Waals surface area contributed by atoms with Crippen LogP contribution in [0.1, 0.15) is 121 Å². The molecule has 10 rings (SSSR count). The van der Waals surface area contributed by atoms with Crippen molar-refractivity contribution in [2.24, 2.45) is 20.0 Å². The zero-order valence-corrected chi connectivity index (χ0v) is 52.8. The summed E-state index contributed by atoms with van der Waals surface area (Å²) in [5, 5.41) is 0. The van der Waals surface area contributed by atoms with Crippen molar-refractivity contribution in [2.75, 3.05) is 13.2 Å². The molecule has 0 unspecified atom stereocenters. The third-order valence-corrected chi connectivity index (χ3v) is 14.4. The number of rotatable bonds is 6. The molecule has 2 aromatic heterocycles. The van der Waals surface area contributed by atoms with Crippen LogP contribution in [-0.2, 0) is 47.8 Å². The van der Waals surface area contributed by atoms with Crippen LogP contribution in [-0.4, -0.2) is 13.2 Å². The Kier molecular flexibility index (Phi) is 19.8. The van der Waals surface area contributed by atoms with Crippen LogP contribution in [0, 0.1) is 55.4 Å². The van der Waals surface area contributed by atoms with Gasteiger partial charge in [-0.3, -0.25) is 0 Å². The van der Waals surface area contributed by atoms with Crippen molar-refractivity contribution in [1.29, 1.82) is 0 Å². The van der Waals surface area contributed by atoms with E-state index in [1.165, 1.54) is 33.2 Å². The maximum absolute atomic E-state index is 6.92. The predicted molar refractivity (Wildman–Crippen MR) is 309 cm³/mol. The van der Waals surface area contributed by atoms with Crippen molar-refractivity contribution >= 4 is 92.6 Å². The standard InChI is InChI=1S/C57H56N4O4.C4H10O.2BrH.2ClH.Ni.Pd/c1-31-17-13-18-32(2)47(31)58-51-53(60-49-35(5)21-15-22-36(49)6)64-45-27-41-39(25-43(45)62-51)55(9,10)29-57(41)30-56(11,12)40-26-44-46(28-42(40)57)65-54(61-50-37(7)23-16-24-38(50)8)52(63-44)59-48-33(3)19-14-20-34(48)4;1-3-5-4-2;;;;;;/h13-28H,29-30H2,1-12H3;3-4H2,1-2H3;4*1H;;/q;;;;;;2*+2/p-4. The molecule has 0 amide bonds. The molecule has 6 aromatic carbocycles. The van der Waals surface area contributed by atoms with Gasteiger partial charge in [-0.1, -0.05) is 100 Å². The summed E-state index contributed by atoms with van der Waals surface area (Å²) in [6, 6.07) is 33.5. The minimum atomic E-state index is -0.373. The second kappa shape index (κ2) is 25.3. The Morgan fingerprint density at radius 1 is 0.461 bits per heavy atom. The zero-order valence-electron chi connectivity index (χ0n) is 45.5. The molecular weight excluding hydrogens is 1260 g/mol. The van der Waals surface area contributed by atoms with Gasteiger partial charge in [0.15, 0.2) is 22.3 Å². The first-order valence-corrected chi connectivity index (χ1v) is 34.0. The second-order valence-corrected chi connectivity index (χ2v) is 28.1. The first-order valence-electron chi connectivity index (χ1n) is 25.1. The van der Waals surface area contributed by atoms with Gasteiger partial charge in [-0.2, -0.15) is 0 Å². The van der Waals surface area contributed by atoms with Gasteiger partial charge in [0, 0.05) is 18.6 Å². The normalized spacial score (nSPS) is 16.9. The zero-order chi connectivity index (χ0) is 55.3. The summed E-state index contributed by atoms with van der Waals surface area (Å²) in [6.07, 6.45) is 1.76. The number of fused-ring (bicyclic) bond motifs is 6. The summed E-state index contributed by atoms with van der Waals surface area (Å²) < 4.78 is 32.4. The van der Waals surface area contributed by atoms with Gasteiger partial charge in [0.25, 0.3) is 22.2 Å². The molecule has 0 radical (unpaired) electrons. The monoisotopic (exact) mass is 1330 g/mol. The van der Waals surface area contributed by atoms with Gasteiger partial charge in [0.1, 0.15) is 0 Å². The Balaban J connectivity index is 0.000000701. The van der Waals surface area contributed by atoms with Crippen LogP contribution in [0.25, 0.3) is 22.3 Å². The third-order valence-electron chi connectivity index (χ3n) is 14.4. The number of hydrogen-bond donors (Lipinski definition) is 0. The summed E-state index contributed by atoms with van der Waals surface area (Å²) >= 11 is 5.89. The molecule has 0 saturated heterocycles. The topological polar surface area (TPSA) is 111 Å². The second-order valence-electron chi connectivity index (χ2n) is 20.8. The minimum absolute atomic E-state index is 0.106. The number of nitrogens with zero attached hydrogens (tertiary/aromatic N) is 4. The molecule has 2 heterocycles. The van der Waals surface area contributed by atoms with Crippen LogP contribution < -0.4 is 22.2 Å². The summed E-state index contributed by atoms with van der Waals surface area (Å²) in [4.78, 5) is 20.5. The summed E-state index contributed by atoms with van der Waals surface area (Å²) in [5.74, 6) is 0. The fraction of sp³-hybridized carbons (Fsp3) is 0.344. The average molecular weight is 1330 g/mol. The molecule has 15 heteroatoms. The van der Waals surface area contributed by atoms with E-state index in [1.54, 1.807) is 0 Å². The molecule has 0 saturated carbocycles. The van der Waals surface area contributed by atoms with Crippen molar-refractivity contribution in [3.63, 3.8) is 0 Å². The van der Waals surface area contributed by atoms with Crippen molar-refractivity contribution in [3.05, 3.63) is 186 Å². The van der Waals surface area contributed by atoms with Crippen LogP contribution in [0.4, 0.5) is 22.7 Å². The molecule has 2 aliphatic rings. The summed E-state index contributed by atoms with van der Waals surface area (Å²) in [6.45, 7) is 31.5. The van der Waals surface area contributed by atoms with E-state index in [-0.39, 0.29) is 32.2 Å². The van der Waals surface area contributed by atoms with Crippen molar-refractivity contribution in [1.82, 2.24) is 0 Å². The molecule has 1 spiro atoms. The van der Waals surface area contributed by atoms with Crippen molar-refractivity contribution in [3.8, 4) is 0 Å². The molecule has 76 heavy (non-hydrogen) atoms. The van der Waals surface area contributed by atoms with E-state index < -0.39 is 0 Å². The van der Waals surface area contributed by atoms with Crippen molar-refractivity contribution in [2.45, 2.75) is 126 Å². The van der Waals surface area contributed by atoms with E-state index in [0.29, 0.717) is 44.5 Å². The third kappa shape index (κ3) is 12.6. The Hall–Kier alpha value is -4.14. The quantitative estimate of drug-likeness (QED) is 0.154. The van der Waals surface area contributed by atoms with E-state index in [0.717, 1.165) is 93.3 Å². The summed E-state index contributed by atoms with van der Waals surface area (Å²) in [5.41, 5.74) is 19.6. The Morgan fingerprint density at radius 3 is 0.868 bits per heavy atom. The SMILES string of the molecule is CCOCC.Cc1cccc(C)c1N=c1oc2cc3c(cc2oc1=Nc1c(C)cccc1C)C1(CC3(C)C)CC(C)(C)c2cc3oc(=Nc4c(C)cccc4C)c(=Nc4c(C)cccc4C)oc3cc21.[Br][Ni][Br].[Cl][Pd][Cl]. The van der Waals surface area contributed by atoms with Crippen LogP contribution in [0.15, 0.2) is 135 Å². The fourth-order valence-corrected chi connectivity index (χ4v) is 11.1. The van der Waals surface area contributed by atoms with E-state index in [4.69, 9.17) is 61.4 Å². The molecule has 9 nitrogen and oxygen atoms in total. The molecule has 0 atom stereocenters. The van der Waals surface area contributed by atoms with Crippen LogP contribution in [0.5, 0.6) is 0 Å². The van der Waals surface area contributed by atoms with E-state index in [9.17, 15) is 0 Å². The van der Waals surface area contributed by atoms with Gasteiger partial charge in [-0.15, -0.1) is 0 Å². The number of hydrogen-bond acceptors (Lipinski definition) is 9. The summed E-state index contributed by atoms with van der Waals surface area (Å²) in [7, 11) is 10.9. The van der Waals surface area contributed by atoms with Gasteiger partial charge in [0.2, 0.25) is 0 Å². The predicted octanol–water partition coefficient (Wildman–Crippen LogP) is 17.5. The maximum atomic E-state index is 6.92. The molecule has 0 N–H and O–H groups in total. The van der Waals surface area contributed by atoms with Gasteiger partial charge in [-0.05, 0) is 184 Å². The average Bonchev–Trinajstić information content (AvgIpc) is 3.76. The van der Waals surface area contributed by atoms with Gasteiger partial charge >= 0.3 is 74.3 Å². The molecule has 0 aliphatic heterocycles. The molecule has 8 aromatic rings. The van der Waals surface area contributed by atoms with E-state index >= 15 is 0 Å². The Morgan fingerprint density at radius 2 is 0.671 bits per heavy atom. The molecule has 0 bridgehead atoms. The number of halogens is 4. The van der Waals surface area contributed by atoms with E-state index in [2.05, 4.69) is 184 Å². The number of aryl methyl sites for hydroxylation is 8. The first-order chi connectivity index (χ1) is 36.2. The first kappa shape index (κ1) is 59.5.